The van der Waals surface area contributed by atoms with Crippen LogP contribution in [0.5, 0.6) is 5.75 Å². The molecule has 0 aromatic heterocycles. The topological polar surface area (TPSA) is 157 Å². The van der Waals surface area contributed by atoms with Gasteiger partial charge in [0.15, 0.2) is 0 Å². The number of hydrogen-bond donors (Lipinski definition) is 4. The summed E-state index contributed by atoms with van der Waals surface area (Å²) in [7, 11) is 0. The van der Waals surface area contributed by atoms with Crippen molar-refractivity contribution in [3.8, 4) is 5.75 Å². The van der Waals surface area contributed by atoms with Crippen LogP contribution >= 0.6 is 0 Å². The number of carbonyl (C=O) groups is 1. The van der Waals surface area contributed by atoms with Gasteiger partial charge < -0.3 is 30.1 Å². The third-order valence-corrected chi connectivity index (χ3v) is 3.66. The second-order valence-electron chi connectivity index (χ2n) is 5.50. The van der Waals surface area contributed by atoms with Crippen molar-refractivity contribution in [2.45, 2.75) is 36.8 Å². The van der Waals surface area contributed by atoms with Crippen LogP contribution in [-0.4, -0.2) is 64.7 Å². The number of carbonyl (C=O) groups excluding carboxylic acids is 1. The van der Waals surface area contributed by atoms with Crippen molar-refractivity contribution < 1.29 is 42.8 Å². The monoisotopic (exact) mass is 392 g/mol. The summed E-state index contributed by atoms with van der Waals surface area (Å²) in [6.07, 6.45) is -10.7. The van der Waals surface area contributed by atoms with E-state index in [9.17, 15) is 33.3 Å². The molecular weight excluding hydrogens is 377 g/mol. The van der Waals surface area contributed by atoms with Crippen molar-refractivity contribution >= 4 is 11.6 Å². The van der Waals surface area contributed by atoms with E-state index in [2.05, 4.69) is 10.0 Å². The maximum Gasteiger partial charge on any atom is 0.471 e. The lowest BCUT2D eigenvalue weighted by Crippen LogP contribution is -2.59. The Bertz CT molecular complexity index is 710. The standard InChI is InChI=1S/C14H15F3N4O6/c15-14(16,17)13(25)19-6-1-3-7(4-2-6)26-12-9(20-21-18)11(24)10(23)8(5-22)27-12/h1-4,8-12,22-24H,5H2,(H,19,25)/t8-,9-,10+,11+,12+/m1/s1. The van der Waals surface area contributed by atoms with Crippen LogP contribution in [0.2, 0.25) is 0 Å². The molecule has 0 unspecified atom stereocenters. The molecule has 1 saturated heterocycles. The molecule has 10 nitrogen and oxygen atoms in total. The zero-order valence-electron chi connectivity index (χ0n) is 13.4. The highest BCUT2D eigenvalue weighted by Gasteiger charge is 2.45. The number of alkyl halides is 3. The van der Waals surface area contributed by atoms with E-state index in [1.807, 2.05) is 0 Å². The van der Waals surface area contributed by atoms with Crippen LogP contribution < -0.4 is 10.1 Å². The van der Waals surface area contributed by atoms with Crippen LogP contribution in [0.4, 0.5) is 18.9 Å². The molecule has 13 heteroatoms. The Morgan fingerprint density at radius 3 is 2.44 bits per heavy atom. The fourth-order valence-electron chi connectivity index (χ4n) is 2.30. The molecule has 1 aliphatic heterocycles. The molecule has 0 radical (unpaired) electrons. The molecule has 0 saturated carbocycles. The number of amides is 1. The predicted molar refractivity (Wildman–Crippen MR) is 82.4 cm³/mol. The van der Waals surface area contributed by atoms with Gasteiger partial charge in [0.05, 0.1) is 12.7 Å². The SMILES string of the molecule is [N-]=[N+]=N[C@H]1[C@@H](Oc2ccc(NC(=O)C(F)(F)F)cc2)O[C@H](CO)[C@H](O)[C@H]1O. The number of hydrogen-bond acceptors (Lipinski definition) is 7. The Hall–Kier alpha value is -2.57. The fourth-order valence-corrected chi connectivity index (χ4v) is 2.30. The summed E-state index contributed by atoms with van der Waals surface area (Å²) in [4.78, 5) is 13.4. The van der Waals surface area contributed by atoms with E-state index in [4.69, 9.17) is 15.0 Å². The first kappa shape index (κ1) is 20.7. The van der Waals surface area contributed by atoms with E-state index in [-0.39, 0.29) is 11.4 Å². The number of azide groups is 1. The molecule has 1 aliphatic rings. The van der Waals surface area contributed by atoms with Gasteiger partial charge in [-0.05, 0) is 29.8 Å². The first-order chi connectivity index (χ1) is 12.7. The Morgan fingerprint density at radius 2 is 1.93 bits per heavy atom. The summed E-state index contributed by atoms with van der Waals surface area (Å²) in [6.45, 7) is -0.649. The van der Waals surface area contributed by atoms with Crippen LogP contribution in [0, 0.1) is 0 Å². The van der Waals surface area contributed by atoms with Gasteiger partial charge in [0.25, 0.3) is 0 Å². The number of nitrogens with zero attached hydrogens (tertiary/aromatic N) is 3. The summed E-state index contributed by atoms with van der Waals surface area (Å²) in [5.74, 6) is -2.10. The van der Waals surface area contributed by atoms with Crippen LogP contribution in [0.3, 0.4) is 0 Å². The third-order valence-electron chi connectivity index (χ3n) is 3.66. The van der Waals surface area contributed by atoms with Gasteiger partial charge in [0, 0.05) is 10.6 Å². The molecule has 0 bridgehead atoms. The molecular formula is C14H15F3N4O6. The number of rotatable bonds is 5. The number of aliphatic hydroxyl groups excluding tert-OH is 3. The lowest BCUT2D eigenvalue weighted by molar-refractivity contribution is -0.239. The second-order valence-corrected chi connectivity index (χ2v) is 5.50. The van der Waals surface area contributed by atoms with E-state index in [0.717, 1.165) is 12.1 Å². The molecule has 0 spiro atoms. The molecule has 5 atom stereocenters. The summed E-state index contributed by atoms with van der Waals surface area (Å²) < 4.78 is 47.3. The number of aliphatic hydroxyl groups is 3. The van der Waals surface area contributed by atoms with E-state index in [0.29, 0.717) is 0 Å². The molecule has 148 valence electrons. The van der Waals surface area contributed by atoms with Gasteiger partial charge in [0.2, 0.25) is 6.29 Å². The Labute approximate surface area is 149 Å². The molecule has 1 aromatic carbocycles. The van der Waals surface area contributed by atoms with Crippen LogP contribution in [0.1, 0.15) is 0 Å². The Kier molecular flexibility index (Phi) is 6.46. The van der Waals surface area contributed by atoms with Crippen LogP contribution in [0.25, 0.3) is 10.4 Å². The summed E-state index contributed by atoms with van der Waals surface area (Å²) in [6, 6.07) is 3.30. The van der Waals surface area contributed by atoms with Crippen LogP contribution in [-0.2, 0) is 9.53 Å². The Balaban J connectivity index is 2.12. The second kappa shape index (κ2) is 8.41. The lowest BCUT2D eigenvalue weighted by Gasteiger charge is -2.40. The molecule has 2 rings (SSSR count). The maximum absolute atomic E-state index is 12.2. The highest BCUT2D eigenvalue weighted by molar-refractivity contribution is 5.94. The number of nitrogens with one attached hydrogen (secondary N) is 1. The molecule has 1 fully saturated rings. The zero-order chi connectivity index (χ0) is 20.2. The lowest BCUT2D eigenvalue weighted by atomic mass is 9.98. The van der Waals surface area contributed by atoms with Crippen molar-refractivity contribution in [3.63, 3.8) is 0 Å². The van der Waals surface area contributed by atoms with Crippen molar-refractivity contribution in [1.82, 2.24) is 0 Å². The minimum atomic E-state index is -5.04. The van der Waals surface area contributed by atoms with Gasteiger partial charge in [-0.2, -0.15) is 13.2 Å². The minimum absolute atomic E-state index is 0.0448. The normalized spacial score (nSPS) is 28.1. The summed E-state index contributed by atoms with van der Waals surface area (Å²) in [5.41, 5.74) is 8.44. The van der Waals surface area contributed by atoms with Gasteiger partial charge in [0.1, 0.15) is 24.0 Å². The zero-order valence-corrected chi connectivity index (χ0v) is 13.4. The van der Waals surface area contributed by atoms with Crippen LogP contribution in [0.15, 0.2) is 29.4 Å². The minimum Gasteiger partial charge on any atom is -0.464 e. The highest BCUT2D eigenvalue weighted by atomic mass is 19.4. The van der Waals surface area contributed by atoms with Gasteiger partial charge in [-0.15, -0.1) is 0 Å². The van der Waals surface area contributed by atoms with Crippen molar-refractivity contribution in [1.29, 1.82) is 0 Å². The summed E-state index contributed by atoms with van der Waals surface area (Å²) in [5, 5.41) is 33.9. The van der Waals surface area contributed by atoms with E-state index in [1.54, 1.807) is 5.32 Å². The number of benzene rings is 1. The predicted octanol–water partition coefficient (Wildman–Crippen LogP) is 0.684. The highest BCUT2D eigenvalue weighted by Crippen LogP contribution is 2.27. The molecule has 4 N–H and O–H groups in total. The Morgan fingerprint density at radius 1 is 1.30 bits per heavy atom. The molecule has 0 aliphatic carbocycles. The van der Waals surface area contributed by atoms with E-state index < -0.39 is 49.3 Å². The van der Waals surface area contributed by atoms with Gasteiger partial charge in [-0.3, -0.25) is 4.79 Å². The number of anilines is 1. The molecule has 1 amide bonds. The smallest absolute Gasteiger partial charge is 0.464 e. The fraction of sp³-hybridized carbons (Fsp3) is 0.500. The largest absolute Gasteiger partial charge is 0.471 e. The van der Waals surface area contributed by atoms with Gasteiger partial charge in [-0.1, -0.05) is 5.11 Å². The average Bonchev–Trinajstić information content (AvgIpc) is 2.62. The molecule has 1 heterocycles. The molecule has 1 aromatic rings. The van der Waals surface area contributed by atoms with Gasteiger partial charge in [-0.25, -0.2) is 0 Å². The maximum atomic E-state index is 12.2. The third kappa shape index (κ3) is 4.99. The summed E-state index contributed by atoms with van der Waals surface area (Å²) >= 11 is 0. The average molecular weight is 392 g/mol. The number of ether oxygens (including phenoxy) is 2. The first-order valence-corrected chi connectivity index (χ1v) is 7.49. The quantitative estimate of drug-likeness (QED) is 0.328. The first-order valence-electron chi connectivity index (χ1n) is 7.49. The number of halogens is 3. The van der Waals surface area contributed by atoms with Crippen molar-refractivity contribution in [3.05, 3.63) is 34.7 Å². The van der Waals surface area contributed by atoms with Gasteiger partial charge >= 0.3 is 12.1 Å². The van der Waals surface area contributed by atoms with E-state index in [1.165, 1.54) is 12.1 Å². The van der Waals surface area contributed by atoms with E-state index >= 15 is 0 Å². The molecule has 27 heavy (non-hydrogen) atoms. The van der Waals surface area contributed by atoms with Crippen molar-refractivity contribution in [2.75, 3.05) is 11.9 Å². The van der Waals surface area contributed by atoms with Crippen molar-refractivity contribution in [2.24, 2.45) is 5.11 Å².